The molecule has 132 valence electrons. The predicted molar refractivity (Wildman–Crippen MR) is 97.3 cm³/mol. The van der Waals surface area contributed by atoms with Gasteiger partial charge in [-0.25, -0.2) is 0 Å². The summed E-state index contributed by atoms with van der Waals surface area (Å²) in [6.07, 6.45) is 1.42. The van der Waals surface area contributed by atoms with Crippen molar-refractivity contribution in [3.05, 3.63) is 78.8 Å². The summed E-state index contributed by atoms with van der Waals surface area (Å²) in [6, 6.07) is 19.6. The van der Waals surface area contributed by atoms with Gasteiger partial charge in [0, 0.05) is 12.7 Å². The van der Waals surface area contributed by atoms with E-state index in [1.807, 2.05) is 30.3 Å². The minimum atomic E-state index is -0.350. The van der Waals surface area contributed by atoms with Crippen LogP contribution in [-0.2, 0) is 4.79 Å². The van der Waals surface area contributed by atoms with E-state index in [0.717, 1.165) is 5.75 Å². The van der Waals surface area contributed by atoms with Crippen molar-refractivity contribution in [3.8, 4) is 11.5 Å². The molecule has 0 atom stereocenters. The van der Waals surface area contributed by atoms with Crippen LogP contribution in [0.25, 0.3) is 0 Å². The molecule has 2 amide bonds. The zero-order valence-corrected chi connectivity index (χ0v) is 14.2. The Balaban J connectivity index is 1.53. The van der Waals surface area contributed by atoms with Gasteiger partial charge in [0.2, 0.25) is 5.91 Å². The number of anilines is 1. The number of carbonyl (C=O) groups is 2. The van der Waals surface area contributed by atoms with Crippen molar-refractivity contribution < 1.29 is 18.7 Å². The molecule has 0 saturated carbocycles. The third kappa shape index (κ3) is 4.51. The molecule has 3 aromatic rings. The van der Waals surface area contributed by atoms with E-state index in [9.17, 15) is 9.59 Å². The molecule has 0 saturated heterocycles. The van der Waals surface area contributed by atoms with Crippen molar-refractivity contribution in [1.29, 1.82) is 0 Å². The number of para-hydroxylation sites is 1. The minimum Gasteiger partial charge on any atom is -0.459 e. The second kappa shape index (κ2) is 8.02. The fourth-order valence-corrected chi connectivity index (χ4v) is 2.31. The Kier molecular flexibility index (Phi) is 5.34. The van der Waals surface area contributed by atoms with E-state index >= 15 is 0 Å². The zero-order valence-electron chi connectivity index (χ0n) is 14.2. The first-order valence-electron chi connectivity index (χ1n) is 8.03. The Morgan fingerprint density at radius 2 is 1.65 bits per heavy atom. The fraction of sp³-hybridized carbons (Fsp3) is 0.100. The number of hydrogen-bond donors (Lipinski definition) is 1. The lowest BCUT2D eigenvalue weighted by Crippen LogP contribution is -2.34. The Hall–Kier alpha value is -3.54. The van der Waals surface area contributed by atoms with Gasteiger partial charge in [-0.2, -0.15) is 0 Å². The molecule has 1 N–H and O–H groups in total. The first kappa shape index (κ1) is 17.3. The molecule has 26 heavy (non-hydrogen) atoms. The molecule has 2 aromatic carbocycles. The Bertz CT molecular complexity index is 859. The van der Waals surface area contributed by atoms with E-state index < -0.39 is 0 Å². The summed E-state index contributed by atoms with van der Waals surface area (Å²) in [6.45, 7) is -0.0815. The van der Waals surface area contributed by atoms with Crippen LogP contribution in [0.1, 0.15) is 10.6 Å². The van der Waals surface area contributed by atoms with Crippen molar-refractivity contribution in [2.45, 2.75) is 0 Å². The van der Waals surface area contributed by atoms with Crippen LogP contribution in [-0.4, -0.2) is 30.3 Å². The highest BCUT2D eigenvalue weighted by Crippen LogP contribution is 2.22. The Morgan fingerprint density at radius 3 is 2.31 bits per heavy atom. The molecule has 0 unspecified atom stereocenters. The normalized spacial score (nSPS) is 10.2. The molecule has 0 aliphatic rings. The van der Waals surface area contributed by atoms with Gasteiger partial charge >= 0.3 is 0 Å². The van der Waals surface area contributed by atoms with Gasteiger partial charge in [-0.05, 0) is 48.5 Å². The summed E-state index contributed by atoms with van der Waals surface area (Å²) in [5.74, 6) is 0.949. The molecule has 6 nitrogen and oxygen atoms in total. The molecular weight excluding hydrogens is 332 g/mol. The lowest BCUT2D eigenvalue weighted by atomic mass is 10.3. The molecule has 6 heteroatoms. The van der Waals surface area contributed by atoms with Crippen molar-refractivity contribution in [3.63, 3.8) is 0 Å². The van der Waals surface area contributed by atoms with Crippen molar-refractivity contribution >= 4 is 17.5 Å². The smallest absolute Gasteiger partial charge is 0.289 e. The topological polar surface area (TPSA) is 71.8 Å². The summed E-state index contributed by atoms with van der Waals surface area (Å²) in [7, 11) is 1.54. The number of rotatable bonds is 6. The van der Waals surface area contributed by atoms with Crippen LogP contribution in [0.15, 0.2) is 77.4 Å². The molecule has 3 rings (SSSR count). The predicted octanol–water partition coefficient (Wildman–Crippen LogP) is 3.78. The van der Waals surface area contributed by atoms with Crippen LogP contribution < -0.4 is 10.1 Å². The fourth-order valence-electron chi connectivity index (χ4n) is 2.31. The van der Waals surface area contributed by atoms with Crippen LogP contribution in [0.2, 0.25) is 0 Å². The number of likely N-dealkylation sites (N-methyl/N-ethyl adjacent to an activating group) is 1. The highest BCUT2D eigenvalue weighted by atomic mass is 16.5. The highest BCUT2D eigenvalue weighted by Gasteiger charge is 2.17. The van der Waals surface area contributed by atoms with Crippen LogP contribution in [0.4, 0.5) is 5.69 Å². The maximum Gasteiger partial charge on any atom is 0.289 e. The SMILES string of the molecule is CN(CC(=O)Nc1ccc(Oc2ccccc2)cc1)C(=O)c1ccco1. The zero-order chi connectivity index (χ0) is 18.4. The number of furan rings is 1. The van der Waals surface area contributed by atoms with Crippen LogP contribution in [0.3, 0.4) is 0 Å². The van der Waals surface area contributed by atoms with E-state index in [1.165, 1.54) is 11.2 Å². The first-order chi connectivity index (χ1) is 12.6. The minimum absolute atomic E-state index is 0.0815. The number of hydrogen-bond acceptors (Lipinski definition) is 4. The van der Waals surface area contributed by atoms with Crippen molar-refractivity contribution in [1.82, 2.24) is 4.90 Å². The molecule has 1 aromatic heterocycles. The average Bonchev–Trinajstić information content (AvgIpc) is 3.18. The van der Waals surface area contributed by atoms with Crippen LogP contribution in [0.5, 0.6) is 11.5 Å². The molecule has 0 fully saturated rings. The van der Waals surface area contributed by atoms with Gasteiger partial charge in [0.25, 0.3) is 5.91 Å². The van der Waals surface area contributed by atoms with E-state index in [4.69, 9.17) is 9.15 Å². The third-order valence-corrected chi connectivity index (χ3v) is 3.58. The lowest BCUT2D eigenvalue weighted by molar-refractivity contribution is -0.116. The number of amides is 2. The summed E-state index contributed by atoms with van der Waals surface area (Å²) in [5.41, 5.74) is 0.620. The van der Waals surface area contributed by atoms with E-state index in [-0.39, 0.29) is 24.1 Å². The maximum absolute atomic E-state index is 12.1. The third-order valence-electron chi connectivity index (χ3n) is 3.58. The number of nitrogens with zero attached hydrogens (tertiary/aromatic N) is 1. The molecule has 0 bridgehead atoms. The maximum atomic E-state index is 12.1. The van der Waals surface area contributed by atoms with Gasteiger partial charge in [-0.15, -0.1) is 0 Å². The number of nitrogens with one attached hydrogen (secondary N) is 1. The summed E-state index contributed by atoms with van der Waals surface area (Å²) < 4.78 is 10.7. The number of carbonyl (C=O) groups excluding carboxylic acids is 2. The molecule has 1 heterocycles. The average molecular weight is 350 g/mol. The van der Waals surface area contributed by atoms with Gasteiger partial charge < -0.3 is 19.4 Å². The number of ether oxygens (including phenoxy) is 1. The van der Waals surface area contributed by atoms with Crippen LogP contribution in [0, 0.1) is 0 Å². The second-order valence-corrected chi connectivity index (χ2v) is 5.63. The monoisotopic (exact) mass is 350 g/mol. The van der Waals surface area contributed by atoms with Crippen LogP contribution >= 0.6 is 0 Å². The molecule has 0 radical (unpaired) electrons. The first-order valence-corrected chi connectivity index (χ1v) is 8.03. The number of benzene rings is 2. The van der Waals surface area contributed by atoms with Gasteiger partial charge in [-0.3, -0.25) is 9.59 Å². The largest absolute Gasteiger partial charge is 0.459 e. The second-order valence-electron chi connectivity index (χ2n) is 5.63. The molecule has 0 spiro atoms. The van der Waals surface area contributed by atoms with Gasteiger partial charge in [0.15, 0.2) is 5.76 Å². The molecule has 0 aliphatic heterocycles. The van der Waals surface area contributed by atoms with Gasteiger partial charge in [-0.1, -0.05) is 18.2 Å². The highest BCUT2D eigenvalue weighted by molar-refractivity contribution is 5.97. The van der Waals surface area contributed by atoms with E-state index in [1.54, 1.807) is 43.4 Å². The summed E-state index contributed by atoms with van der Waals surface area (Å²) in [5, 5.41) is 2.75. The van der Waals surface area contributed by atoms with E-state index in [2.05, 4.69) is 5.32 Å². The quantitative estimate of drug-likeness (QED) is 0.734. The van der Waals surface area contributed by atoms with Gasteiger partial charge in [0.1, 0.15) is 11.5 Å². The molecular formula is C20H18N2O4. The Morgan fingerprint density at radius 1 is 0.962 bits per heavy atom. The standard InChI is InChI=1S/C20H18N2O4/c1-22(20(24)18-8-5-13-25-18)14-19(23)21-15-9-11-17(12-10-15)26-16-6-3-2-4-7-16/h2-13H,14H2,1H3,(H,21,23). The van der Waals surface area contributed by atoms with E-state index in [0.29, 0.717) is 11.4 Å². The lowest BCUT2D eigenvalue weighted by Gasteiger charge is -2.15. The molecule has 0 aliphatic carbocycles. The summed E-state index contributed by atoms with van der Waals surface area (Å²) in [4.78, 5) is 25.4. The Labute approximate surface area is 151 Å². The van der Waals surface area contributed by atoms with Crippen molar-refractivity contribution in [2.24, 2.45) is 0 Å². The van der Waals surface area contributed by atoms with Gasteiger partial charge in [0.05, 0.1) is 12.8 Å². The van der Waals surface area contributed by atoms with Crippen molar-refractivity contribution in [2.75, 3.05) is 18.9 Å². The summed E-state index contributed by atoms with van der Waals surface area (Å²) >= 11 is 0.